The molecular formula is C26H25N3O5S. The van der Waals surface area contributed by atoms with Crippen molar-refractivity contribution in [3.63, 3.8) is 0 Å². The van der Waals surface area contributed by atoms with E-state index in [9.17, 15) is 23.3 Å². The molecule has 180 valence electrons. The summed E-state index contributed by atoms with van der Waals surface area (Å²) < 4.78 is 27.6. The molecule has 0 aliphatic carbocycles. The average molecular weight is 492 g/mol. The van der Waals surface area contributed by atoms with Gasteiger partial charge in [0.05, 0.1) is 4.92 Å². The van der Waals surface area contributed by atoms with Crippen LogP contribution in [0.25, 0.3) is 6.08 Å². The summed E-state index contributed by atoms with van der Waals surface area (Å²) in [6.45, 7) is 3.79. The molecule has 3 aromatic carbocycles. The minimum absolute atomic E-state index is 0.150. The summed E-state index contributed by atoms with van der Waals surface area (Å²) in [6.07, 6.45) is 1.36. The van der Waals surface area contributed by atoms with E-state index in [0.29, 0.717) is 11.3 Å². The van der Waals surface area contributed by atoms with Crippen molar-refractivity contribution in [1.82, 2.24) is 0 Å². The zero-order valence-corrected chi connectivity index (χ0v) is 20.6. The monoisotopic (exact) mass is 491 g/mol. The standard InChI is InChI=1S/C26H25N3O5S/c1-17-8-11-22(14-18(17)2)28-25(30)24(15-19-9-12-21(13-10-19)27(3)4)35(33,34)26(28)20-6-5-7-23(16-20)29(31)32/h5-16,26H,1-4H3. The number of hydrogen-bond donors (Lipinski definition) is 0. The smallest absolute Gasteiger partial charge is 0.271 e. The topological polar surface area (TPSA) is 101 Å². The van der Waals surface area contributed by atoms with Gasteiger partial charge in [0.1, 0.15) is 4.91 Å². The third-order valence-electron chi connectivity index (χ3n) is 6.11. The van der Waals surface area contributed by atoms with Gasteiger partial charge in [0.25, 0.3) is 11.6 Å². The first-order valence-corrected chi connectivity index (χ1v) is 12.4. The second kappa shape index (κ2) is 8.99. The number of nitrogens with zero attached hydrogens (tertiary/aromatic N) is 3. The lowest BCUT2D eigenvalue weighted by Gasteiger charge is -2.24. The van der Waals surface area contributed by atoms with Gasteiger partial charge in [-0.15, -0.1) is 0 Å². The first-order chi connectivity index (χ1) is 16.5. The molecule has 0 bridgehead atoms. The van der Waals surface area contributed by atoms with Gasteiger partial charge in [-0.2, -0.15) is 0 Å². The van der Waals surface area contributed by atoms with Gasteiger partial charge in [-0.3, -0.25) is 19.8 Å². The Balaban J connectivity index is 1.91. The van der Waals surface area contributed by atoms with Crippen LogP contribution in [0, 0.1) is 24.0 Å². The van der Waals surface area contributed by atoms with Crippen LogP contribution in [0.1, 0.15) is 27.6 Å². The predicted molar refractivity (Wildman–Crippen MR) is 137 cm³/mol. The molecule has 1 aliphatic heterocycles. The molecule has 0 radical (unpaired) electrons. The summed E-state index contributed by atoms with van der Waals surface area (Å²) in [6, 6.07) is 17.8. The number of carbonyl (C=O) groups is 1. The molecule has 0 spiro atoms. The Morgan fingerprint density at radius 1 is 0.971 bits per heavy atom. The molecule has 35 heavy (non-hydrogen) atoms. The highest BCUT2D eigenvalue weighted by atomic mass is 32.2. The van der Waals surface area contributed by atoms with Crippen LogP contribution >= 0.6 is 0 Å². The Bertz CT molecular complexity index is 1460. The maximum absolute atomic E-state index is 13.8. The number of amides is 1. The van der Waals surface area contributed by atoms with Crippen molar-refractivity contribution < 1.29 is 18.1 Å². The summed E-state index contributed by atoms with van der Waals surface area (Å²) >= 11 is 0. The van der Waals surface area contributed by atoms with Gasteiger partial charge in [0.15, 0.2) is 5.37 Å². The normalized spacial score (nSPS) is 18.2. The van der Waals surface area contributed by atoms with Crippen LogP contribution in [-0.4, -0.2) is 33.3 Å². The molecule has 1 atom stereocenters. The Hall–Kier alpha value is -3.98. The van der Waals surface area contributed by atoms with Crippen LogP contribution in [0.4, 0.5) is 17.1 Å². The van der Waals surface area contributed by atoms with E-state index in [1.807, 2.05) is 51.0 Å². The third kappa shape index (κ3) is 4.42. The number of anilines is 2. The maximum Gasteiger partial charge on any atom is 0.271 e. The fourth-order valence-electron chi connectivity index (χ4n) is 4.02. The lowest BCUT2D eigenvalue weighted by Crippen LogP contribution is -2.29. The molecule has 8 nitrogen and oxygen atoms in total. The van der Waals surface area contributed by atoms with Gasteiger partial charge >= 0.3 is 0 Å². The fourth-order valence-corrected chi connectivity index (χ4v) is 5.90. The van der Waals surface area contributed by atoms with Crippen molar-refractivity contribution in [3.8, 4) is 0 Å². The van der Waals surface area contributed by atoms with Crippen molar-refractivity contribution in [2.75, 3.05) is 23.9 Å². The molecule has 1 amide bonds. The first kappa shape index (κ1) is 24.2. The molecule has 9 heteroatoms. The van der Waals surface area contributed by atoms with Gasteiger partial charge in [-0.05, 0) is 66.4 Å². The van der Waals surface area contributed by atoms with E-state index in [2.05, 4.69) is 0 Å². The summed E-state index contributed by atoms with van der Waals surface area (Å²) in [5.41, 5.74) is 3.68. The highest BCUT2D eigenvalue weighted by Gasteiger charge is 2.50. The number of hydrogen-bond acceptors (Lipinski definition) is 6. The zero-order valence-electron chi connectivity index (χ0n) is 19.8. The van der Waals surface area contributed by atoms with Gasteiger partial charge in [-0.1, -0.05) is 30.3 Å². The number of carbonyl (C=O) groups excluding carboxylic acids is 1. The predicted octanol–water partition coefficient (Wildman–Crippen LogP) is 4.78. The molecule has 1 fully saturated rings. The molecule has 1 unspecified atom stereocenters. The van der Waals surface area contributed by atoms with Crippen LogP contribution in [-0.2, 0) is 14.6 Å². The SMILES string of the molecule is Cc1ccc(N2C(=O)C(=Cc3ccc(N(C)C)cc3)S(=O)(=O)C2c2cccc([N+](=O)[O-])c2)cc1C. The number of sulfone groups is 1. The summed E-state index contributed by atoms with van der Waals surface area (Å²) in [7, 11) is -0.428. The van der Waals surface area contributed by atoms with Gasteiger partial charge in [0, 0.05) is 37.6 Å². The number of nitro groups is 1. The van der Waals surface area contributed by atoms with Crippen molar-refractivity contribution in [2.45, 2.75) is 19.2 Å². The number of aryl methyl sites for hydroxylation is 2. The van der Waals surface area contributed by atoms with Crippen molar-refractivity contribution in [1.29, 1.82) is 0 Å². The van der Waals surface area contributed by atoms with E-state index in [1.165, 1.54) is 35.2 Å². The van der Waals surface area contributed by atoms with E-state index in [4.69, 9.17) is 0 Å². The molecule has 3 aromatic rings. The van der Waals surface area contributed by atoms with Crippen LogP contribution in [0.5, 0.6) is 0 Å². The zero-order chi connectivity index (χ0) is 25.5. The second-order valence-electron chi connectivity index (χ2n) is 8.69. The highest BCUT2D eigenvalue weighted by molar-refractivity contribution is 7.97. The Labute approximate surface area is 204 Å². The number of rotatable bonds is 5. The van der Waals surface area contributed by atoms with Gasteiger partial charge in [-0.25, -0.2) is 8.42 Å². The van der Waals surface area contributed by atoms with Gasteiger partial charge < -0.3 is 4.90 Å². The third-order valence-corrected chi connectivity index (χ3v) is 8.08. The second-order valence-corrected chi connectivity index (χ2v) is 10.7. The van der Waals surface area contributed by atoms with E-state index in [0.717, 1.165) is 16.8 Å². The van der Waals surface area contributed by atoms with Crippen LogP contribution < -0.4 is 9.80 Å². The molecule has 0 aromatic heterocycles. The molecule has 0 saturated carbocycles. The minimum Gasteiger partial charge on any atom is -0.378 e. The molecule has 1 saturated heterocycles. The number of nitro benzene ring substituents is 1. The molecule has 1 heterocycles. The molecule has 4 rings (SSSR count). The molecule has 1 aliphatic rings. The quantitative estimate of drug-likeness (QED) is 0.289. The Morgan fingerprint density at radius 2 is 1.66 bits per heavy atom. The van der Waals surface area contributed by atoms with E-state index < -0.39 is 26.0 Å². The van der Waals surface area contributed by atoms with E-state index in [1.54, 1.807) is 24.3 Å². The number of benzene rings is 3. The average Bonchev–Trinajstić information content (AvgIpc) is 3.01. The lowest BCUT2D eigenvalue weighted by atomic mass is 10.1. The van der Waals surface area contributed by atoms with Crippen LogP contribution in [0.15, 0.2) is 71.6 Å². The van der Waals surface area contributed by atoms with Gasteiger partial charge in [0.2, 0.25) is 9.84 Å². The molecular weight excluding hydrogens is 466 g/mol. The first-order valence-electron chi connectivity index (χ1n) is 10.9. The fraction of sp³-hybridized carbons (Fsp3) is 0.192. The van der Waals surface area contributed by atoms with Crippen LogP contribution in [0.2, 0.25) is 0 Å². The largest absolute Gasteiger partial charge is 0.378 e. The van der Waals surface area contributed by atoms with E-state index >= 15 is 0 Å². The van der Waals surface area contributed by atoms with Crippen LogP contribution in [0.3, 0.4) is 0 Å². The maximum atomic E-state index is 13.8. The number of non-ortho nitro benzene ring substituents is 1. The summed E-state index contributed by atoms with van der Waals surface area (Å²) in [5, 5.41) is 9.94. The Morgan fingerprint density at radius 3 is 2.26 bits per heavy atom. The van der Waals surface area contributed by atoms with E-state index in [-0.39, 0.29) is 16.2 Å². The highest BCUT2D eigenvalue weighted by Crippen LogP contribution is 2.44. The summed E-state index contributed by atoms with van der Waals surface area (Å²) in [5.74, 6) is -0.679. The van der Waals surface area contributed by atoms with Crippen molar-refractivity contribution in [2.24, 2.45) is 0 Å². The Kier molecular flexibility index (Phi) is 6.21. The van der Waals surface area contributed by atoms with Crippen molar-refractivity contribution in [3.05, 3.63) is 104 Å². The van der Waals surface area contributed by atoms with Crippen molar-refractivity contribution >= 4 is 38.9 Å². The summed E-state index contributed by atoms with van der Waals surface area (Å²) in [4.78, 5) is 27.2. The minimum atomic E-state index is -4.21. The lowest BCUT2D eigenvalue weighted by molar-refractivity contribution is -0.384. The molecule has 0 N–H and O–H groups in total.